The largest absolute Gasteiger partial charge is 0.492 e. The zero-order chi connectivity index (χ0) is 15.1. The highest BCUT2D eigenvalue weighted by Gasteiger charge is 2.22. The molecule has 1 aliphatic heterocycles. The molecule has 1 amide bonds. The highest BCUT2D eigenvalue weighted by Crippen LogP contribution is 2.07. The molecule has 0 spiro atoms. The van der Waals surface area contributed by atoms with Crippen molar-refractivity contribution in [3.63, 3.8) is 0 Å². The number of benzene rings is 1. The Balaban J connectivity index is 1.61. The number of hydrogen-bond acceptors (Lipinski definition) is 4. The van der Waals surface area contributed by atoms with Crippen LogP contribution < -0.4 is 15.4 Å². The molecule has 1 fully saturated rings. The Morgan fingerprint density at radius 1 is 1.29 bits per heavy atom. The number of ether oxygens (including phenoxy) is 1. The van der Waals surface area contributed by atoms with Crippen molar-refractivity contribution in [2.24, 2.45) is 0 Å². The number of nitrogens with one attached hydrogen (secondary N) is 2. The number of carbonyl (C=O) groups is 1. The minimum atomic E-state index is 0.0629. The number of carbonyl (C=O) groups excluding carboxylic acids is 1. The summed E-state index contributed by atoms with van der Waals surface area (Å²) < 4.78 is 5.54. The minimum Gasteiger partial charge on any atom is -0.492 e. The van der Waals surface area contributed by atoms with E-state index in [1.54, 1.807) is 0 Å². The van der Waals surface area contributed by atoms with Gasteiger partial charge in [-0.15, -0.1) is 0 Å². The van der Waals surface area contributed by atoms with Crippen LogP contribution in [0.1, 0.15) is 13.8 Å². The molecule has 0 saturated carbocycles. The number of amides is 1. The fourth-order valence-electron chi connectivity index (χ4n) is 2.70. The molecule has 1 aromatic rings. The van der Waals surface area contributed by atoms with Crippen LogP contribution in [-0.2, 0) is 4.79 Å². The smallest absolute Gasteiger partial charge is 0.234 e. The Kier molecular flexibility index (Phi) is 6.02. The van der Waals surface area contributed by atoms with Crippen LogP contribution in [-0.4, -0.2) is 55.7 Å². The zero-order valence-electron chi connectivity index (χ0n) is 12.8. The van der Waals surface area contributed by atoms with Gasteiger partial charge in [-0.05, 0) is 26.0 Å². The normalized spacial score (nSPS) is 22.8. The monoisotopic (exact) mass is 291 g/mol. The van der Waals surface area contributed by atoms with E-state index in [0.29, 0.717) is 31.8 Å². The summed E-state index contributed by atoms with van der Waals surface area (Å²) in [5, 5.41) is 6.36. The van der Waals surface area contributed by atoms with E-state index in [1.807, 2.05) is 30.3 Å². The molecular formula is C16H25N3O2. The molecule has 1 aromatic carbocycles. The second kappa shape index (κ2) is 8.00. The Hall–Kier alpha value is -1.59. The van der Waals surface area contributed by atoms with Crippen molar-refractivity contribution in [3.8, 4) is 5.75 Å². The van der Waals surface area contributed by atoms with Crippen LogP contribution in [0.4, 0.5) is 0 Å². The standard InChI is InChI=1S/C16H25N3O2/c1-13-10-19(11-14(2)18-13)12-16(20)17-8-9-21-15-6-4-3-5-7-15/h3-7,13-14,18H,8-12H2,1-2H3,(H,17,20). The molecule has 0 aliphatic carbocycles. The lowest BCUT2D eigenvalue weighted by Crippen LogP contribution is -2.56. The predicted molar refractivity (Wildman–Crippen MR) is 83.4 cm³/mol. The van der Waals surface area contributed by atoms with Gasteiger partial charge in [0.25, 0.3) is 0 Å². The van der Waals surface area contributed by atoms with Crippen LogP contribution in [0.5, 0.6) is 5.75 Å². The van der Waals surface area contributed by atoms with Gasteiger partial charge >= 0.3 is 0 Å². The molecule has 1 aliphatic rings. The van der Waals surface area contributed by atoms with Gasteiger partial charge in [0, 0.05) is 25.2 Å². The van der Waals surface area contributed by atoms with Gasteiger partial charge in [0.05, 0.1) is 13.1 Å². The maximum Gasteiger partial charge on any atom is 0.234 e. The van der Waals surface area contributed by atoms with E-state index in [1.165, 1.54) is 0 Å². The zero-order valence-corrected chi connectivity index (χ0v) is 12.8. The number of nitrogens with zero attached hydrogens (tertiary/aromatic N) is 1. The van der Waals surface area contributed by atoms with Crippen molar-refractivity contribution < 1.29 is 9.53 Å². The van der Waals surface area contributed by atoms with Gasteiger partial charge in [0.2, 0.25) is 5.91 Å². The van der Waals surface area contributed by atoms with E-state index < -0.39 is 0 Å². The van der Waals surface area contributed by atoms with Gasteiger partial charge in [0.1, 0.15) is 12.4 Å². The summed E-state index contributed by atoms with van der Waals surface area (Å²) in [7, 11) is 0. The highest BCUT2D eigenvalue weighted by atomic mass is 16.5. The van der Waals surface area contributed by atoms with E-state index in [9.17, 15) is 4.79 Å². The molecule has 5 nitrogen and oxygen atoms in total. The maximum atomic E-state index is 11.9. The Morgan fingerprint density at radius 2 is 1.95 bits per heavy atom. The van der Waals surface area contributed by atoms with Gasteiger partial charge in [-0.25, -0.2) is 0 Å². The number of hydrogen-bond donors (Lipinski definition) is 2. The lowest BCUT2D eigenvalue weighted by atomic mass is 10.1. The van der Waals surface area contributed by atoms with Gasteiger partial charge in [-0.2, -0.15) is 0 Å². The Morgan fingerprint density at radius 3 is 2.62 bits per heavy atom. The fraction of sp³-hybridized carbons (Fsp3) is 0.562. The topological polar surface area (TPSA) is 53.6 Å². The molecular weight excluding hydrogens is 266 g/mol. The van der Waals surface area contributed by atoms with E-state index in [4.69, 9.17) is 4.74 Å². The molecule has 2 N–H and O–H groups in total. The van der Waals surface area contributed by atoms with Crippen molar-refractivity contribution in [2.45, 2.75) is 25.9 Å². The quantitative estimate of drug-likeness (QED) is 0.764. The second-order valence-electron chi connectivity index (χ2n) is 5.67. The molecule has 2 unspecified atom stereocenters. The van der Waals surface area contributed by atoms with Gasteiger partial charge in [0.15, 0.2) is 0 Å². The fourth-order valence-corrected chi connectivity index (χ4v) is 2.70. The maximum absolute atomic E-state index is 11.9. The molecule has 1 saturated heterocycles. The van der Waals surface area contributed by atoms with Crippen molar-refractivity contribution in [3.05, 3.63) is 30.3 Å². The summed E-state index contributed by atoms with van der Waals surface area (Å²) in [4.78, 5) is 14.1. The predicted octanol–water partition coefficient (Wildman–Crippen LogP) is 0.864. The Bertz CT molecular complexity index is 428. The van der Waals surface area contributed by atoms with Crippen molar-refractivity contribution in [1.29, 1.82) is 0 Å². The second-order valence-corrected chi connectivity index (χ2v) is 5.67. The molecule has 0 radical (unpaired) electrons. The van der Waals surface area contributed by atoms with Crippen LogP contribution >= 0.6 is 0 Å². The van der Waals surface area contributed by atoms with Crippen LogP contribution in [0.2, 0.25) is 0 Å². The van der Waals surface area contributed by atoms with Crippen molar-refractivity contribution in [2.75, 3.05) is 32.8 Å². The van der Waals surface area contributed by atoms with Crippen LogP contribution in [0.25, 0.3) is 0 Å². The first-order valence-corrected chi connectivity index (χ1v) is 7.56. The summed E-state index contributed by atoms with van der Waals surface area (Å²) in [6.45, 7) is 7.61. The molecule has 1 heterocycles. The summed E-state index contributed by atoms with van der Waals surface area (Å²) in [5.41, 5.74) is 0. The first-order valence-electron chi connectivity index (χ1n) is 7.56. The molecule has 0 aromatic heterocycles. The number of para-hydroxylation sites is 1. The molecule has 5 heteroatoms. The third-order valence-electron chi connectivity index (χ3n) is 3.44. The lowest BCUT2D eigenvalue weighted by molar-refractivity contribution is -0.122. The van der Waals surface area contributed by atoms with Crippen LogP contribution in [0.3, 0.4) is 0 Å². The first-order chi connectivity index (χ1) is 10.1. The molecule has 2 rings (SSSR count). The van der Waals surface area contributed by atoms with Crippen molar-refractivity contribution >= 4 is 5.91 Å². The van der Waals surface area contributed by atoms with Crippen LogP contribution in [0, 0.1) is 0 Å². The molecule has 2 atom stereocenters. The molecule has 0 bridgehead atoms. The third kappa shape index (κ3) is 5.73. The van der Waals surface area contributed by atoms with Crippen LogP contribution in [0.15, 0.2) is 30.3 Å². The van der Waals surface area contributed by atoms with Gasteiger partial charge < -0.3 is 15.4 Å². The lowest BCUT2D eigenvalue weighted by Gasteiger charge is -2.35. The van der Waals surface area contributed by atoms with Gasteiger partial charge in [-0.3, -0.25) is 9.69 Å². The molecule has 21 heavy (non-hydrogen) atoms. The van der Waals surface area contributed by atoms with Gasteiger partial charge in [-0.1, -0.05) is 18.2 Å². The number of rotatable bonds is 6. The number of piperazine rings is 1. The molecule has 116 valence electrons. The van der Waals surface area contributed by atoms with E-state index in [0.717, 1.165) is 18.8 Å². The van der Waals surface area contributed by atoms with Crippen molar-refractivity contribution in [1.82, 2.24) is 15.5 Å². The summed E-state index contributed by atoms with van der Waals surface area (Å²) in [5.74, 6) is 0.893. The van der Waals surface area contributed by atoms with E-state index in [-0.39, 0.29) is 5.91 Å². The summed E-state index contributed by atoms with van der Waals surface area (Å²) in [6.07, 6.45) is 0. The van der Waals surface area contributed by atoms with E-state index >= 15 is 0 Å². The average Bonchev–Trinajstić information content (AvgIpc) is 2.43. The average molecular weight is 291 g/mol. The SMILES string of the molecule is CC1CN(CC(=O)NCCOc2ccccc2)CC(C)N1. The summed E-state index contributed by atoms with van der Waals surface area (Å²) in [6, 6.07) is 10.5. The van der Waals surface area contributed by atoms with E-state index in [2.05, 4.69) is 29.4 Å². The Labute approximate surface area is 126 Å². The third-order valence-corrected chi connectivity index (χ3v) is 3.44. The minimum absolute atomic E-state index is 0.0629. The highest BCUT2D eigenvalue weighted by molar-refractivity contribution is 5.78. The first kappa shape index (κ1) is 15.8. The summed E-state index contributed by atoms with van der Waals surface area (Å²) >= 11 is 0.